The van der Waals surface area contributed by atoms with Crippen LogP contribution in [-0.4, -0.2) is 47.3 Å². The molecule has 2 heterocycles. The zero-order chi connectivity index (χ0) is 17.8. The number of hydrogen-bond acceptors (Lipinski definition) is 4. The van der Waals surface area contributed by atoms with Gasteiger partial charge in [-0.3, -0.25) is 9.48 Å². The summed E-state index contributed by atoms with van der Waals surface area (Å²) in [6, 6.07) is 4.68. The minimum atomic E-state index is -0.0155. The van der Waals surface area contributed by atoms with Crippen molar-refractivity contribution in [3.8, 4) is 0 Å². The smallest absolute Gasteiger partial charge is 0.274 e. The van der Waals surface area contributed by atoms with Crippen LogP contribution in [0.15, 0.2) is 30.2 Å². The largest absolute Gasteiger partial charge is 0.343 e. The van der Waals surface area contributed by atoms with Crippen molar-refractivity contribution in [2.24, 2.45) is 0 Å². The third-order valence-corrected chi connectivity index (χ3v) is 5.58. The lowest BCUT2D eigenvalue weighted by Crippen LogP contribution is -2.36. The highest BCUT2D eigenvalue weighted by molar-refractivity contribution is 7.09. The number of fused-ring (bicyclic) bond motifs is 1. The van der Waals surface area contributed by atoms with Gasteiger partial charge in [0.2, 0.25) is 0 Å². The average Bonchev–Trinajstić information content (AvgIpc) is 3.23. The van der Waals surface area contributed by atoms with Gasteiger partial charge in [-0.25, -0.2) is 0 Å². The summed E-state index contributed by atoms with van der Waals surface area (Å²) in [6.45, 7) is 5.43. The van der Waals surface area contributed by atoms with Gasteiger partial charge in [0.25, 0.3) is 5.91 Å². The molecule has 1 amide bonds. The third kappa shape index (κ3) is 4.02. The van der Waals surface area contributed by atoms with E-state index in [0.29, 0.717) is 18.3 Å². The minimum Gasteiger partial charge on any atom is -0.343 e. The van der Waals surface area contributed by atoms with Crippen LogP contribution in [0.5, 0.6) is 0 Å². The maximum Gasteiger partial charge on any atom is 0.274 e. The molecule has 3 rings (SSSR count). The van der Waals surface area contributed by atoms with Crippen LogP contribution in [0.1, 0.15) is 33.0 Å². The lowest BCUT2D eigenvalue weighted by Gasteiger charge is -2.24. The highest BCUT2D eigenvalue weighted by Gasteiger charge is 2.29. The molecule has 1 aliphatic rings. The van der Waals surface area contributed by atoms with Gasteiger partial charge in [-0.15, -0.1) is 17.9 Å². The van der Waals surface area contributed by atoms with Crippen LogP contribution in [0.4, 0.5) is 0 Å². The second-order valence-electron chi connectivity index (χ2n) is 6.67. The topological polar surface area (TPSA) is 50.2 Å². The van der Waals surface area contributed by atoms with Gasteiger partial charge in [-0.1, -0.05) is 12.1 Å². The summed E-state index contributed by atoms with van der Waals surface area (Å²) < 4.78 is 1.95. The Morgan fingerprint density at radius 2 is 2.40 bits per heavy atom. The van der Waals surface area contributed by atoms with Crippen molar-refractivity contribution >= 4 is 17.2 Å². The Morgan fingerprint density at radius 3 is 3.08 bits per heavy atom. The Bertz CT molecular complexity index is 733. The Labute approximate surface area is 153 Å². The fraction of sp³-hybridized carbons (Fsp3) is 0.474. The molecule has 6 heteroatoms. The Morgan fingerprint density at radius 1 is 1.56 bits per heavy atom. The molecule has 2 aromatic heterocycles. The molecule has 1 aliphatic carbocycles. The normalized spacial score (nSPS) is 16.5. The fourth-order valence-corrected chi connectivity index (χ4v) is 4.08. The number of allylic oxidation sites excluding steroid dienone is 1. The van der Waals surface area contributed by atoms with Gasteiger partial charge >= 0.3 is 0 Å². The Balaban J connectivity index is 1.71. The predicted octanol–water partition coefficient (Wildman–Crippen LogP) is 2.52. The first kappa shape index (κ1) is 17.9. The van der Waals surface area contributed by atoms with Crippen LogP contribution < -0.4 is 5.32 Å². The third-order valence-electron chi connectivity index (χ3n) is 4.64. The first-order chi connectivity index (χ1) is 12.1. The molecule has 0 aliphatic heterocycles. The van der Waals surface area contributed by atoms with Gasteiger partial charge in [0.15, 0.2) is 5.69 Å². The van der Waals surface area contributed by atoms with Gasteiger partial charge in [-0.05, 0) is 37.1 Å². The lowest BCUT2D eigenvalue weighted by atomic mass is 9.91. The molecular weight excluding hydrogens is 332 g/mol. The summed E-state index contributed by atoms with van der Waals surface area (Å²) in [5, 5.41) is 10.4. The molecule has 0 bridgehead atoms. The number of nitrogens with one attached hydrogen (secondary N) is 1. The number of rotatable bonds is 7. The molecule has 0 spiro atoms. The zero-order valence-corrected chi connectivity index (χ0v) is 15.8. The number of aromatic nitrogens is 2. The van der Waals surface area contributed by atoms with E-state index >= 15 is 0 Å². The average molecular weight is 359 g/mol. The molecule has 5 nitrogen and oxygen atoms in total. The maximum atomic E-state index is 12.5. The zero-order valence-electron chi connectivity index (χ0n) is 15.0. The molecule has 0 saturated heterocycles. The second-order valence-corrected chi connectivity index (χ2v) is 7.70. The van der Waals surface area contributed by atoms with Crippen molar-refractivity contribution in [3.05, 3.63) is 52.0 Å². The number of carbonyl (C=O) groups excluding carboxylic acids is 1. The van der Waals surface area contributed by atoms with Gasteiger partial charge in [-0.2, -0.15) is 5.10 Å². The van der Waals surface area contributed by atoms with Gasteiger partial charge in [0, 0.05) is 42.8 Å². The van der Waals surface area contributed by atoms with E-state index in [1.54, 1.807) is 30.3 Å². The molecule has 2 aromatic rings. The summed E-state index contributed by atoms with van der Waals surface area (Å²) in [5.41, 5.74) is 2.91. The fourth-order valence-electron chi connectivity index (χ4n) is 3.37. The highest BCUT2D eigenvalue weighted by atomic mass is 32.1. The van der Waals surface area contributed by atoms with Crippen LogP contribution >= 0.6 is 11.3 Å². The van der Waals surface area contributed by atoms with Crippen molar-refractivity contribution in [2.75, 3.05) is 20.6 Å². The number of carbonyl (C=O) groups is 1. The molecule has 0 radical (unpaired) electrons. The maximum absolute atomic E-state index is 12.5. The molecule has 25 heavy (non-hydrogen) atoms. The Hall–Kier alpha value is -1.92. The monoisotopic (exact) mass is 358 g/mol. The van der Waals surface area contributed by atoms with Gasteiger partial charge in [0.05, 0.1) is 6.54 Å². The summed E-state index contributed by atoms with van der Waals surface area (Å²) in [6.07, 6.45) is 5.79. The molecule has 1 N–H and O–H groups in total. The van der Waals surface area contributed by atoms with E-state index in [2.05, 4.69) is 34.5 Å². The number of nitrogens with zero attached hydrogens (tertiary/aromatic N) is 3. The predicted molar refractivity (Wildman–Crippen MR) is 102 cm³/mol. The van der Waals surface area contributed by atoms with E-state index in [1.165, 1.54) is 10.6 Å². The van der Waals surface area contributed by atoms with Crippen LogP contribution in [-0.2, 0) is 25.8 Å². The summed E-state index contributed by atoms with van der Waals surface area (Å²) in [7, 11) is 3.56. The molecule has 134 valence electrons. The van der Waals surface area contributed by atoms with Crippen molar-refractivity contribution < 1.29 is 4.79 Å². The second kappa shape index (κ2) is 7.97. The Kier molecular flexibility index (Phi) is 5.71. The standard InChI is InChI=1S/C19H26N4OS/c1-4-11-23-17-8-7-14(20-10-9-15-6-5-12-25-15)13-16(17)18(21-23)19(24)22(2)3/h4-6,12,14,20H,1,7-11,13H2,2-3H3. The van der Waals surface area contributed by atoms with Crippen molar-refractivity contribution in [1.29, 1.82) is 0 Å². The molecule has 0 saturated carbocycles. The number of thiophene rings is 1. The number of amides is 1. The molecule has 1 unspecified atom stereocenters. The first-order valence-corrected chi connectivity index (χ1v) is 9.65. The van der Waals surface area contributed by atoms with Crippen LogP contribution in [0.3, 0.4) is 0 Å². The molecule has 1 atom stereocenters. The minimum absolute atomic E-state index is 0.0155. The van der Waals surface area contributed by atoms with E-state index < -0.39 is 0 Å². The molecule has 0 aromatic carbocycles. The SMILES string of the molecule is C=CCn1nc(C(=O)N(C)C)c2c1CCC(NCCc1cccs1)C2. The first-order valence-electron chi connectivity index (χ1n) is 8.77. The number of hydrogen-bond donors (Lipinski definition) is 1. The van der Waals surface area contributed by atoms with Crippen molar-refractivity contribution in [1.82, 2.24) is 20.0 Å². The highest BCUT2D eigenvalue weighted by Crippen LogP contribution is 2.26. The van der Waals surface area contributed by atoms with E-state index in [4.69, 9.17) is 0 Å². The quantitative estimate of drug-likeness (QED) is 0.774. The summed E-state index contributed by atoms with van der Waals surface area (Å²) >= 11 is 1.80. The van der Waals surface area contributed by atoms with Crippen LogP contribution in [0.25, 0.3) is 0 Å². The summed E-state index contributed by atoms with van der Waals surface area (Å²) in [4.78, 5) is 15.5. The van der Waals surface area contributed by atoms with Gasteiger partial charge in [0.1, 0.15) is 0 Å². The van der Waals surface area contributed by atoms with Gasteiger partial charge < -0.3 is 10.2 Å². The van der Waals surface area contributed by atoms with Crippen molar-refractivity contribution in [2.45, 2.75) is 38.3 Å². The lowest BCUT2D eigenvalue weighted by molar-refractivity contribution is 0.0820. The molecular formula is C19H26N4OS. The summed E-state index contributed by atoms with van der Waals surface area (Å²) in [5.74, 6) is -0.0155. The van der Waals surface area contributed by atoms with Crippen molar-refractivity contribution in [3.63, 3.8) is 0 Å². The van der Waals surface area contributed by atoms with Crippen LogP contribution in [0, 0.1) is 0 Å². The van der Waals surface area contributed by atoms with Crippen LogP contribution in [0.2, 0.25) is 0 Å². The van der Waals surface area contributed by atoms with E-state index in [0.717, 1.165) is 37.8 Å². The van der Waals surface area contributed by atoms with E-state index in [1.807, 2.05) is 10.8 Å². The van der Waals surface area contributed by atoms with E-state index in [9.17, 15) is 4.79 Å². The molecule has 0 fully saturated rings. The van der Waals surface area contributed by atoms with E-state index in [-0.39, 0.29) is 5.91 Å².